The quantitative estimate of drug-likeness (QED) is 0.108. The van der Waals surface area contributed by atoms with Gasteiger partial charge in [-0.15, -0.1) is 0 Å². The average molecular weight is 541 g/mol. The van der Waals surface area contributed by atoms with Gasteiger partial charge in [0.05, 0.1) is 18.9 Å². The minimum absolute atomic E-state index is 0.00677. The predicted octanol–water partition coefficient (Wildman–Crippen LogP) is -2.70. The normalized spacial score (nSPS) is 13.9. The molecule has 37 heavy (non-hydrogen) atoms. The second kappa shape index (κ2) is 15.3. The predicted molar refractivity (Wildman–Crippen MR) is 134 cm³/mol. The maximum atomic E-state index is 13.0. The second-order valence-corrected chi connectivity index (χ2v) is 9.11. The van der Waals surface area contributed by atoms with Gasteiger partial charge in [0.25, 0.3) is 0 Å². The van der Waals surface area contributed by atoms with Gasteiger partial charge in [-0.05, 0) is 36.1 Å². The number of carbonyl (C=O) groups excluding carboxylic acids is 5. The van der Waals surface area contributed by atoms with Crippen molar-refractivity contribution < 1.29 is 39.0 Å². The summed E-state index contributed by atoms with van der Waals surface area (Å²) in [6.45, 7) is 0. The number of amides is 5. The van der Waals surface area contributed by atoms with Crippen LogP contribution in [0.3, 0.4) is 0 Å². The van der Waals surface area contributed by atoms with Gasteiger partial charge in [0.2, 0.25) is 29.5 Å². The van der Waals surface area contributed by atoms with E-state index in [4.69, 9.17) is 17.2 Å². The number of nitrogens with one attached hydrogen (secondary N) is 3. The summed E-state index contributed by atoms with van der Waals surface area (Å²) in [5.74, 6) is -5.39. The van der Waals surface area contributed by atoms with Crippen molar-refractivity contribution in [2.45, 2.75) is 49.9 Å². The van der Waals surface area contributed by atoms with Crippen molar-refractivity contribution >= 4 is 47.3 Å². The fraction of sp³-hybridized carbons (Fsp3) is 0.455. The number of phenolic OH excluding ortho intramolecular Hbond substituents is 1. The highest BCUT2D eigenvalue weighted by molar-refractivity contribution is 7.98. The minimum atomic E-state index is -1.51. The summed E-state index contributed by atoms with van der Waals surface area (Å²) in [7, 11) is 0. The molecular formula is C22H32N6O8S. The number of phenols is 1. The van der Waals surface area contributed by atoms with Crippen LogP contribution in [-0.4, -0.2) is 81.9 Å². The van der Waals surface area contributed by atoms with E-state index in [2.05, 4.69) is 16.0 Å². The zero-order chi connectivity index (χ0) is 28.1. The Hall–Kier alpha value is -3.85. The largest absolute Gasteiger partial charge is 0.508 e. The highest BCUT2D eigenvalue weighted by atomic mass is 32.2. The van der Waals surface area contributed by atoms with Gasteiger partial charge in [-0.25, -0.2) is 4.79 Å². The number of nitrogens with two attached hydrogens (primary N) is 3. The van der Waals surface area contributed by atoms with Crippen molar-refractivity contribution in [2.75, 3.05) is 12.0 Å². The first-order valence-corrected chi connectivity index (χ1v) is 12.5. The average Bonchev–Trinajstić information content (AvgIpc) is 2.81. The highest BCUT2D eigenvalue weighted by Gasteiger charge is 2.31. The Morgan fingerprint density at radius 1 is 0.838 bits per heavy atom. The molecular weight excluding hydrogens is 508 g/mol. The number of carboxylic acids is 1. The fourth-order valence-corrected chi connectivity index (χ4v) is 3.59. The molecule has 14 nitrogen and oxygen atoms in total. The summed E-state index contributed by atoms with van der Waals surface area (Å²) in [6.07, 6.45) is 0.632. The molecule has 1 aromatic rings. The molecule has 0 saturated carbocycles. The van der Waals surface area contributed by atoms with Crippen LogP contribution >= 0.6 is 11.8 Å². The summed E-state index contributed by atoms with van der Waals surface area (Å²) in [5, 5.41) is 26.0. The molecule has 0 heterocycles. The van der Waals surface area contributed by atoms with Crippen LogP contribution in [0.25, 0.3) is 0 Å². The minimum Gasteiger partial charge on any atom is -0.508 e. The summed E-state index contributed by atoms with van der Waals surface area (Å²) < 4.78 is 0. The molecule has 0 aliphatic heterocycles. The van der Waals surface area contributed by atoms with Crippen LogP contribution in [0.15, 0.2) is 24.3 Å². The molecule has 0 radical (unpaired) electrons. The van der Waals surface area contributed by atoms with Crippen molar-refractivity contribution in [3.63, 3.8) is 0 Å². The van der Waals surface area contributed by atoms with E-state index in [9.17, 15) is 39.0 Å². The number of carboxylic acid groups (broad SMARTS) is 1. The molecule has 0 bridgehead atoms. The van der Waals surface area contributed by atoms with Gasteiger partial charge in [-0.3, -0.25) is 24.0 Å². The van der Waals surface area contributed by atoms with Crippen LogP contribution in [-0.2, 0) is 35.2 Å². The maximum absolute atomic E-state index is 13.0. The summed E-state index contributed by atoms with van der Waals surface area (Å²) in [4.78, 5) is 72.3. The van der Waals surface area contributed by atoms with Gasteiger partial charge in [0, 0.05) is 6.42 Å². The monoisotopic (exact) mass is 540 g/mol. The van der Waals surface area contributed by atoms with Crippen LogP contribution in [0.1, 0.15) is 24.8 Å². The van der Waals surface area contributed by atoms with Crippen LogP contribution < -0.4 is 33.2 Å². The molecule has 11 N–H and O–H groups in total. The van der Waals surface area contributed by atoms with Gasteiger partial charge in [0.1, 0.15) is 23.9 Å². The lowest BCUT2D eigenvalue weighted by atomic mass is 10.0. The molecule has 0 saturated heterocycles. The molecule has 0 aliphatic carbocycles. The molecule has 0 aromatic heterocycles. The van der Waals surface area contributed by atoms with Crippen molar-refractivity contribution in [1.29, 1.82) is 0 Å². The lowest BCUT2D eigenvalue weighted by Gasteiger charge is -2.24. The molecule has 0 aliphatic rings. The van der Waals surface area contributed by atoms with Crippen LogP contribution in [0, 0.1) is 0 Å². The zero-order valence-corrected chi connectivity index (χ0v) is 21.0. The van der Waals surface area contributed by atoms with E-state index in [1.165, 1.54) is 36.0 Å². The maximum Gasteiger partial charge on any atom is 0.326 e. The van der Waals surface area contributed by atoms with Crippen molar-refractivity contribution in [1.82, 2.24) is 16.0 Å². The molecule has 204 valence electrons. The standard InChI is InChI=1S/C22H32N6O8S/c1-37-7-6-14(20(33)28-16(22(35)36)8-11-2-4-12(29)5-3-11)26-21(34)15(10-18(25)31)27-19(32)13(23)9-17(24)30/h2-5,13-16,29H,6-10,23H2,1H3,(H2,24,30)(H2,25,31)(H,26,34)(H,27,32)(H,28,33)(H,35,36). The van der Waals surface area contributed by atoms with E-state index < -0.39 is 72.5 Å². The number of primary amides is 2. The number of hydrogen-bond donors (Lipinski definition) is 8. The van der Waals surface area contributed by atoms with Crippen LogP contribution in [0.5, 0.6) is 5.75 Å². The zero-order valence-electron chi connectivity index (χ0n) is 20.1. The van der Waals surface area contributed by atoms with Crippen LogP contribution in [0.4, 0.5) is 0 Å². The Balaban J connectivity index is 3.01. The van der Waals surface area contributed by atoms with E-state index in [-0.39, 0.29) is 18.6 Å². The molecule has 1 rings (SSSR count). The lowest BCUT2D eigenvalue weighted by Crippen LogP contribution is -2.58. The van der Waals surface area contributed by atoms with E-state index in [0.29, 0.717) is 11.3 Å². The third-order valence-electron chi connectivity index (χ3n) is 5.03. The Morgan fingerprint density at radius 2 is 1.35 bits per heavy atom. The first kappa shape index (κ1) is 31.2. The highest BCUT2D eigenvalue weighted by Crippen LogP contribution is 2.12. The van der Waals surface area contributed by atoms with Gasteiger partial charge in [-0.1, -0.05) is 12.1 Å². The third kappa shape index (κ3) is 11.6. The topological polar surface area (TPSA) is 257 Å². The van der Waals surface area contributed by atoms with Crippen molar-refractivity contribution in [2.24, 2.45) is 17.2 Å². The number of thioether (sulfide) groups is 1. The molecule has 4 unspecified atom stereocenters. The number of hydrogen-bond acceptors (Lipinski definition) is 9. The second-order valence-electron chi connectivity index (χ2n) is 8.12. The first-order chi connectivity index (χ1) is 17.3. The molecule has 15 heteroatoms. The van der Waals surface area contributed by atoms with Crippen molar-refractivity contribution in [3.05, 3.63) is 29.8 Å². The number of aromatic hydroxyl groups is 1. The molecule has 4 atom stereocenters. The van der Waals surface area contributed by atoms with E-state index in [0.717, 1.165) is 0 Å². The smallest absolute Gasteiger partial charge is 0.326 e. The number of carbonyl (C=O) groups is 6. The number of benzene rings is 1. The summed E-state index contributed by atoms with van der Waals surface area (Å²) >= 11 is 1.37. The molecule has 1 aromatic carbocycles. The van der Waals surface area contributed by atoms with E-state index in [1.54, 1.807) is 6.26 Å². The van der Waals surface area contributed by atoms with Gasteiger partial charge in [-0.2, -0.15) is 11.8 Å². The van der Waals surface area contributed by atoms with E-state index >= 15 is 0 Å². The summed E-state index contributed by atoms with van der Waals surface area (Å²) in [5.41, 5.74) is 16.3. The van der Waals surface area contributed by atoms with Gasteiger partial charge < -0.3 is 43.4 Å². The Labute approximate surface area is 217 Å². The number of aliphatic carboxylic acids is 1. The lowest BCUT2D eigenvalue weighted by molar-refractivity contribution is -0.142. The van der Waals surface area contributed by atoms with Gasteiger partial charge >= 0.3 is 5.97 Å². The fourth-order valence-electron chi connectivity index (χ4n) is 3.12. The summed E-state index contributed by atoms with van der Waals surface area (Å²) in [6, 6.07) is 0.301. The van der Waals surface area contributed by atoms with Crippen molar-refractivity contribution in [3.8, 4) is 5.75 Å². The first-order valence-electron chi connectivity index (χ1n) is 11.1. The van der Waals surface area contributed by atoms with Gasteiger partial charge in [0.15, 0.2) is 0 Å². The molecule has 5 amide bonds. The van der Waals surface area contributed by atoms with E-state index in [1.807, 2.05) is 0 Å². The Kier molecular flexibility index (Phi) is 12.9. The van der Waals surface area contributed by atoms with Crippen LogP contribution in [0.2, 0.25) is 0 Å². The molecule has 0 spiro atoms. The SMILES string of the molecule is CSCCC(NC(=O)C(CC(N)=O)NC(=O)C(N)CC(N)=O)C(=O)NC(Cc1ccc(O)cc1)C(=O)O. The Morgan fingerprint density at radius 3 is 1.86 bits per heavy atom. The third-order valence-corrected chi connectivity index (χ3v) is 5.67. The Bertz CT molecular complexity index is 990. The number of rotatable bonds is 16. The molecule has 0 fully saturated rings.